The van der Waals surface area contributed by atoms with E-state index in [0.717, 1.165) is 17.8 Å². The molecule has 2 fully saturated rings. The molecule has 1 amide bonds. The first kappa shape index (κ1) is 11.9. The van der Waals surface area contributed by atoms with E-state index in [1.54, 1.807) is 0 Å². The highest BCUT2D eigenvalue weighted by molar-refractivity contribution is 7.15. The van der Waals surface area contributed by atoms with E-state index in [-0.39, 0.29) is 5.91 Å². The number of anilines is 1. The highest BCUT2D eigenvalue weighted by Crippen LogP contribution is 2.28. The molecule has 1 aliphatic carbocycles. The Hall–Kier alpha value is -1.14. The van der Waals surface area contributed by atoms with Crippen molar-refractivity contribution in [1.82, 2.24) is 15.2 Å². The number of carbonyl (C=O) groups is 1. The number of amides is 1. The van der Waals surface area contributed by atoms with Crippen LogP contribution in [0.15, 0.2) is 6.20 Å². The Morgan fingerprint density at radius 3 is 3.11 bits per heavy atom. The molecule has 0 aromatic carbocycles. The van der Waals surface area contributed by atoms with Crippen molar-refractivity contribution in [2.75, 3.05) is 12.3 Å². The van der Waals surface area contributed by atoms with Crippen molar-refractivity contribution in [1.29, 1.82) is 0 Å². The van der Waals surface area contributed by atoms with E-state index >= 15 is 0 Å². The van der Waals surface area contributed by atoms with E-state index in [1.807, 2.05) is 6.20 Å². The Kier molecular flexibility index (Phi) is 3.22. The maximum absolute atomic E-state index is 11.7. The fourth-order valence-electron chi connectivity index (χ4n) is 3.04. The normalized spacial score (nSPS) is 28.8. The molecule has 2 unspecified atom stereocenters. The van der Waals surface area contributed by atoms with Gasteiger partial charge >= 0.3 is 0 Å². The van der Waals surface area contributed by atoms with Crippen LogP contribution >= 0.6 is 11.3 Å². The molecule has 0 bridgehead atoms. The predicted octanol–water partition coefficient (Wildman–Crippen LogP) is 0.968. The number of nitrogens with two attached hydrogens (primary N) is 1. The third-order valence-electron chi connectivity index (χ3n) is 3.82. The topological polar surface area (TPSA) is 71.2 Å². The molecule has 98 valence electrons. The van der Waals surface area contributed by atoms with E-state index in [1.165, 1.54) is 30.6 Å². The highest BCUT2D eigenvalue weighted by atomic mass is 32.1. The van der Waals surface area contributed by atoms with Gasteiger partial charge in [0, 0.05) is 29.7 Å². The van der Waals surface area contributed by atoms with Crippen molar-refractivity contribution >= 4 is 22.4 Å². The summed E-state index contributed by atoms with van der Waals surface area (Å²) >= 11 is 1.52. The first-order valence-electron chi connectivity index (χ1n) is 6.46. The Bertz CT molecular complexity index is 447. The summed E-state index contributed by atoms with van der Waals surface area (Å²) < 4.78 is 0. The average molecular weight is 266 g/mol. The van der Waals surface area contributed by atoms with Gasteiger partial charge in [0.25, 0.3) is 0 Å². The molecule has 3 rings (SSSR count). The fourth-order valence-corrected chi connectivity index (χ4v) is 3.75. The van der Waals surface area contributed by atoms with Gasteiger partial charge in [-0.3, -0.25) is 9.69 Å². The number of fused-ring (bicyclic) bond motifs is 1. The van der Waals surface area contributed by atoms with Crippen LogP contribution in [0.3, 0.4) is 0 Å². The van der Waals surface area contributed by atoms with Crippen molar-refractivity contribution in [2.45, 2.75) is 44.3 Å². The summed E-state index contributed by atoms with van der Waals surface area (Å²) in [7, 11) is 0. The van der Waals surface area contributed by atoms with Crippen LogP contribution in [-0.4, -0.2) is 34.4 Å². The molecule has 0 radical (unpaired) electrons. The Morgan fingerprint density at radius 1 is 1.50 bits per heavy atom. The lowest BCUT2D eigenvalue weighted by molar-refractivity contribution is -0.128. The van der Waals surface area contributed by atoms with Gasteiger partial charge in [0.1, 0.15) is 0 Å². The van der Waals surface area contributed by atoms with Crippen molar-refractivity contribution in [2.24, 2.45) is 0 Å². The number of nitrogens with one attached hydrogen (secondary N) is 1. The third kappa shape index (κ3) is 2.35. The zero-order valence-electron chi connectivity index (χ0n) is 10.3. The number of piperazine rings is 1. The Balaban J connectivity index is 1.74. The second-order valence-electron chi connectivity index (χ2n) is 5.10. The molecule has 2 atom stereocenters. The van der Waals surface area contributed by atoms with Gasteiger partial charge in [-0.15, -0.1) is 11.3 Å². The summed E-state index contributed by atoms with van der Waals surface area (Å²) in [5.41, 5.74) is 5.65. The molecule has 6 heteroatoms. The van der Waals surface area contributed by atoms with Crippen molar-refractivity contribution < 1.29 is 4.79 Å². The second kappa shape index (κ2) is 4.85. The van der Waals surface area contributed by atoms with E-state index in [2.05, 4.69) is 15.2 Å². The maximum Gasteiger partial charge on any atom is 0.234 e. The molecule has 2 aliphatic rings. The summed E-state index contributed by atoms with van der Waals surface area (Å²) in [5, 5.41) is 3.73. The monoisotopic (exact) mass is 266 g/mol. The van der Waals surface area contributed by atoms with Crippen LogP contribution in [0.5, 0.6) is 0 Å². The number of carbonyl (C=O) groups excluding carboxylic acids is 1. The van der Waals surface area contributed by atoms with Crippen molar-refractivity contribution in [3.63, 3.8) is 0 Å². The minimum atomic E-state index is 0.149. The van der Waals surface area contributed by atoms with Gasteiger partial charge in [-0.1, -0.05) is 12.8 Å². The van der Waals surface area contributed by atoms with Gasteiger partial charge < -0.3 is 11.1 Å². The summed E-state index contributed by atoms with van der Waals surface area (Å²) in [4.78, 5) is 19.2. The Labute approximate surface area is 110 Å². The van der Waals surface area contributed by atoms with E-state index < -0.39 is 0 Å². The molecule has 1 aromatic rings. The molecule has 2 heterocycles. The zero-order chi connectivity index (χ0) is 12.5. The molecule has 3 N–H and O–H groups in total. The van der Waals surface area contributed by atoms with Crippen LogP contribution in [0.2, 0.25) is 0 Å². The molecule has 0 spiro atoms. The molecule has 1 saturated carbocycles. The lowest BCUT2D eigenvalue weighted by atomic mass is 9.87. The first-order chi connectivity index (χ1) is 8.72. The zero-order valence-corrected chi connectivity index (χ0v) is 11.1. The smallest absolute Gasteiger partial charge is 0.234 e. The average Bonchev–Trinajstić information content (AvgIpc) is 2.74. The number of hydrogen-bond acceptors (Lipinski definition) is 5. The number of thiazole rings is 1. The number of nitrogen functional groups attached to an aromatic ring is 1. The third-order valence-corrected chi connectivity index (χ3v) is 4.63. The second-order valence-corrected chi connectivity index (χ2v) is 6.24. The summed E-state index contributed by atoms with van der Waals surface area (Å²) in [6, 6.07) is 0.824. The molecule has 1 aliphatic heterocycles. The first-order valence-corrected chi connectivity index (χ1v) is 7.27. The lowest BCUT2D eigenvalue weighted by Crippen LogP contribution is -2.61. The largest absolute Gasteiger partial charge is 0.375 e. The van der Waals surface area contributed by atoms with Crippen LogP contribution in [0.25, 0.3) is 0 Å². The summed E-state index contributed by atoms with van der Waals surface area (Å²) in [6.45, 7) is 1.29. The van der Waals surface area contributed by atoms with Crippen molar-refractivity contribution in [3.8, 4) is 0 Å². The fraction of sp³-hybridized carbons (Fsp3) is 0.667. The van der Waals surface area contributed by atoms with Gasteiger partial charge in [-0.2, -0.15) is 0 Å². The highest BCUT2D eigenvalue weighted by Gasteiger charge is 2.36. The standard InChI is InChI=1S/C12H18N4OS/c13-12-14-5-8(18-12)6-16-7-11(17)15-9-3-1-2-4-10(9)16/h5,9-10H,1-4,6-7H2,(H2,13,14)(H,15,17). The van der Waals surface area contributed by atoms with Gasteiger partial charge in [-0.05, 0) is 12.8 Å². The predicted molar refractivity (Wildman–Crippen MR) is 71.1 cm³/mol. The number of hydrogen-bond donors (Lipinski definition) is 2. The minimum Gasteiger partial charge on any atom is -0.375 e. The molecular formula is C12H18N4OS. The van der Waals surface area contributed by atoms with Gasteiger partial charge in [-0.25, -0.2) is 4.98 Å². The number of aromatic nitrogens is 1. The number of rotatable bonds is 2. The molecule has 5 nitrogen and oxygen atoms in total. The molecule has 18 heavy (non-hydrogen) atoms. The van der Waals surface area contributed by atoms with E-state index in [4.69, 9.17) is 5.73 Å². The van der Waals surface area contributed by atoms with Gasteiger partial charge in [0.15, 0.2) is 5.13 Å². The quantitative estimate of drug-likeness (QED) is 0.836. The minimum absolute atomic E-state index is 0.149. The van der Waals surface area contributed by atoms with E-state index in [9.17, 15) is 4.79 Å². The molecule has 1 aromatic heterocycles. The molecule has 1 saturated heterocycles. The van der Waals surface area contributed by atoms with Crippen LogP contribution < -0.4 is 11.1 Å². The maximum atomic E-state index is 11.7. The Morgan fingerprint density at radius 2 is 2.33 bits per heavy atom. The number of nitrogens with zero attached hydrogens (tertiary/aromatic N) is 2. The van der Waals surface area contributed by atoms with Crippen LogP contribution in [-0.2, 0) is 11.3 Å². The van der Waals surface area contributed by atoms with Crippen molar-refractivity contribution in [3.05, 3.63) is 11.1 Å². The SMILES string of the molecule is Nc1ncc(CN2CC(=O)NC3CCCCC32)s1. The van der Waals surface area contributed by atoms with Gasteiger partial charge in [0.05, 0.1) is 6.54 Å². The van der Waals surface area contributed by atoms with Crippen LogP contribution in [0, 0.1) is 0 Å². The van der Waals surface area contributed by atoms with Gasteiger partial charge in [0.2, 0.25) is 5.91 Å². The van der Waals surface area contributed by atoms with Crippen LogP contribution in [0.4, 0.5) is 5.13 Å². The summed E-state index contributed by atoms with van der Waals surface area (Å²) in [6.07, 6.45) is 6.60. The summed E-state index contributed by atoms with van der Waals surface area (Å²) in [5.74, 6) is 0.149. The van der Waals surface area contributed by atoms with Crippen LogP contribution in [0.1, 0.15) is 30.6 Å². The van der Waals surface area contributed by atoms with E-state index in [0.29, 0.717) is 23.8 Å². The lowest BCUT2D eigenvalue weighted by Gasteiger charge is -2.43. The molecular weight excluding hydrogens is 248 g/mol.